The van der Waals surface area contributed by atoms with Crippen molar-refractivity contribution in [2.45, 2.75) is 62.9 Å². The number of thioether (sulfide) groups is 1. The molecular weight excluding hydrogens is 468 g/mol. The largest absolute Gasteiger partial charge is 0.493 e. The first kappa shape index (κ1) is 24.8. The van der Waals surface area contributed by atoms with E-state index in [0.29, 0.717) is 39.8 Å². The molecule has 10 heteroatoms. The maximum absolute atomic E-state index is 13.6. The van der Waals surface area contributed by atoms with Gasteiger partial charge in [-0.2, -0.15) is 0 Å². The number of anilines is 1. The molecule has 0 bridgehead atoms. The second-order valence-electron chi connectivity index (χ2n) is 8.52. The number of fused-ring (bicyclic) bond motifs is 1. The van der Waals surface area contributed by atoms with E-state index >= 15 is 0 Å². The van der Waals surface area contributed by atoms with E-state index in [1.165, 1.54) is 44.4 Å². The minimum atomic E-state index is -0.537. The van der Waals surface area contributed by atoms with Gasteiger partial charge in [-0.15, -0.1) is 0 Å². The van der Waals surface area contributed by atoms with Crippen molar-refractivity contribution >= 4 is 34.5 Å². The lowest BCUT2D eigenvalue weighted by atomic mass is 9.97. The third-order valence-corrected chi connectivity index (χ3v) is 7.08. The molecule has 0 aliphatic heterocycles. The zero-order valence-electron chi connectivity index (χ0n) is 20.4. The Morgan fingerprint density at radius 3 is 2.66 bits per heavy atom. The number of carbonyl (C=O) groups excluding carboxylic acids is 1. The van der Waals surface area contributed by atoms with Crippen LogP contribution < -0.4 is 20.3 Å². The van der Waals surface area contributed by atoms with E-state index in [9.17, 15) is 9.59 Å². The third kappa shape index (κ3) is 5.70. The number of nitrogens with one attached hydrogen (secondary N) is 1. The molecule has 35 heavy (non-hydrogen) atoms. The molecule has 2 heterocycles. The van der Waals surface area contributed by atoms with E-state index in [-0.39, 0.29) is 17.4 Å². The van der Waals surface area contributed by atoms with Crippen LogP contribution in [0.4, 0.5) is 5.88 Å². The van der Waals surface area contributed by atoms with Crippen LogP contribution in [0.3, 0.4) is 0 Å². The van der Waals surface area contributed by atoms with Crippen LogP contribution >= 0.6 is 11.8 Å². The Balaban J connectivity index is 1.68. The lowest BCUT2D eigenvalue weighted by molar-refractivity contribution is -0.115. The molecule has 1 amide bonds. The molecule has 0 fully saturated rings. The van der Waals surface area contributed by atoms with Gasteiger partial charge < -0.3 is 14.0 Å². The summed E-state index contributed by atoms with van der Waals surface area (Å²) in [6.45, 7) is 4.03. The van der Waals surface area contributed by atoms with Crippen molar-refractivity contribution in [3.63, 3.8) is 0 Å². The molecule has 4 rings (SSSR count). The van der Waals surface area contributed by atoms with Gasteiger partial charge in [0.2, 0.25) is 11.8 Å². The van der Waals surface area contributed by atoms with Crippen molar-refractivity contribution < 1.29 is 18.8 Å². The Labute approximate surface area is 207 Å². The lowest BCUT2D eigenvalue weighted by Gasteiger charge is -2.18. The molecule has 3 aromatic rings. The predicted molar refractivity (Wildman–Crippen MR) is 135 cm³/mol. The number of aromatic nitrogens is 3. The minimum absolute atomic E-state index is 0.173. The fraction of sp³-hybridized carbons (Fsp3) is 0.440. The molecule has 0 saturated carbocycles. The number of hydrogen-bond acceptors (Lipinski definition) is 8. The molecule has 1 aliphatic rings. The fourth-order valence-corrected chi connectivity index (χ4v) is 4.99. The number of benzene rings is 1. The van der Waals surface area contributed by atoms with Crippen LogP contribution in [-0.4, -0.2) is 40.1 Å². The van der Waals surface area contributed by atoms with Gasteiger partial charge in [-0.05, 0) is 52.0 Å². The van der Waals surface area contributed by atoms with Gasteiger partial charge in [-0.1, -0.05) is 28.6 Å². The van der Waals surface area contributed by atoms with Gasteiger partial charge in [0, 0.05) is 18.7 Å². The Bertz CT molecular complexity index is 1310. The number of carbonyl (C=O) groups is 1. The van der Waals surface area contributed by atoms with Crippen LogP contribution in [-0.2, 0) is 11.3 Å². The van der Waals surface area contributed by atoms with Crippen molar-refractivity contribution in [2.75, 3.05) is 19.5 Å². The Hall–Kier alpha value is -3.27. The summed E-state index contributed by atoms with van der Waals surface area (Å²) in [5.41, 5.74) is 2.35. The molecule has 2 aromatic heterocycles. The number of amides is 1. The maximum atomic E-state index is 13.6. The zero-order valence-corrected chi connectivity index (χ0v) is 21.2. The van der Waals surface area contributed by atoms with Gasteiger partial charge in [-0.25, -0.2) is 4.98 Å². The van der Waals surface area contributed by atoms with Crippen molar-refractivity contribution in [3.05, 3.63) is 45.9 Å². The first-order valence-electron chi connectivity index (χ1n) is 11.6. The van der Waals surface area contributed by atoms with Gasteiger partial charge in [0.05, 0.1) is 36.1 Å². The molecular formula is C25H30N4O5S. The summed E-state index contributed by atoms with van der Waals surface area (Å²) in [5.74, 6) is 0.967. The monoisotopic (exact) mass is 498 g/mol. The summed E-state index contributed by atoms with van der Waals surface area (Å²) >= 11 is 1.23. The molecule has 1 aliphatic carbocycles. The van der Waals surface area contributed by atoms with Crippen LogP contribution in [0.15, 0.2) is 44.3 Å². The summed E-state index contributed by atoms with van der Waals surface area (Å²) < 4.78 is 17.6. The predicted octanol–water partition coefficient (Wildman–Crippen LogP) is 4.72. The Morgan fingerprint density at radius 1 is 1.23 bits per heavy atom. The third-order valence-electron chi connectivity index (χ3n) is 5.99. The number of allylic oxidation sites excluding steroid dienone is 2. The minimum Gasteiger partial charge on any atom is -0.493 e. The Kier molecular flexibility index (Phi) is 7.80. The van der Waals surface area contributed by atoms with Gasteiger partial charge >= 0.3 is 0 Å². The highest BCUT2D eigenvalue weighted by Crippen LogP contribution is 2.32. The number of methoxy groups -OCH3 is 2. The van der Waals surface area contributed by atoms with Crippen LogP contribution in [0.2, 0.25) is 0 Å². The molecule has 1 N–H and O–H groups in total. The average Bonchev–Trinajstić information content (AvgIpc) is 3.27. The second kappa shape index (κ2) is 11.0. The number of rotatable bonds is 9. The summed E-state index contributed by atoms with van der Waals surface area (Å²) in [7, 11) is 3.07. The normalized spacial score (nSPS) is 14.5. The summed E-state index contributed by atoms with van der Waals surface area (Å²) in [6.07, 6.45) is 7.56. The Morgan fingerprint density at radius 2 is 2.00 bits per heavy atom. The van der Waals surface area contributed by atoms with Crippen LogP contribution in [0.5, 0.6) is 11.5 Å². The molecule has 1 atom stereocenters. The summed E-state index contributed by atoms with van der Waals surface area (Å²) in [6, 6.07) is 5.00. The van der Waals surface area contributed by atoms with E-state index < -0.39 is 5.25 Å². The van der Waals surface area contributed by atoms with Gasteiger partial charge in [0.15, 0.2) is 16.7 Å². The number of hydrogen-bond donors (Lipinski definition) is 1. The van der Waals surface area contributed by atoms with Crippen molar-refractivity contribution in [1.82, 2.24) is 14.7 Å². The number of nitrogens with zero attached hydrogens (tertiary/aromatic N) is 3. The lowest BCUT2D eigenvalue weighted by Crippen LogP contribution is -2.27. The van der Waals surface area contributed by atoms with E-state index in [4.69, 9.17) is 19.0 Å². The SMILES string of the molecule is COc1cc2nc(SC(C)C(=O)Nc3cc(C)no3)n(CCC3=CCCCC3)c(=O)c2cc1OC. The van der Waals surface area contributed by atoms with E-state index in [0.717, 1.165) is 19.3 Å². The highest BCUT2D eigenvalue weighted by molar-refractivity contribution is 8.00. The van der Waals surface area contributed by atoms with Crippen molar-refractivity contribution in [1.29, 1.82) is 0 Å². The molecule has 0 spiro atoms. The molecule has 186 valence electrons. The second-order valence-corrected chi connectivity index (χ2v) is 9.82. The van der Waals surface area contributed by atoms with Crippen molar-refractivity contribution in [3.8, 4) is 11.5 Å². The number of ether oxygens (including phenoxy) is 2. The average molecular weight is 499 g/mol. The standard InChI is InChI=1S/C25H30N4O5S/c1-15-12-22(34-28-15)27-23(30)16(2)35-25-26-19-14-21(33-4)20(32-3)13-18(19)24(31)29(25)11-10-17-8-6-5-7-9-17/h8,12-14,16H,5-7,9-11H2,1-4H3,(H,27,30). The van der Waals surface area contributed by atoms with Crippen molar-refractivity contribution in [2.24, 2.45) is 0 Å². The zero-order chi connectivity index (χ0) is 24.9. The van der Waals surface area contributed by atoms with Gasteiger partial charge in [0.25, 0.3) is 5.56 Å². The molecule has 9 nitrogen and oxygen atoms in total. The van der Waals surface area contributed by atoms with Gasteiger partial charge in [0.1, 0.15) is 0 Å². The summed E-state index contributed by atoms with van der Waals surface area (Å²) in [4.78, 5) is 31.2. The topological polar surface area (TPSA) is 108 Å². The van der Waals surface area contributed by atoms with Gasteiger partial charge in [-0.3, -0.25) is 19.5 Å². The highest BCUT2D eigenvalue weighted by Gasteiger charge is 2.22. The van der Waals surface area contributed by atoms with Crippen LogP contribution in [0.25, 0.3) is 10.9 Å². The first-order chi connectivity index (χ1) is 16.9. The quantitative estimate of drug-likeness (QED) is 0.256. The molecule has 0 saturated heterocycles. The fourth-order valence-electron chi connectivity index (χ4n) is 4.06. The van der Waals surface area contributed by atoms with E-state index in [1.54, 1.807) is 36.6 Å². The smallest absolute Gasteiger partial charge is 0.262 e. The number of aryl methyl sites for hydroxylation is 1. The summed E-state index contributed by atoms with van der Waals surface area (Å²) in [5, 5.41) is 6.89. The van der Waals surface area contributed by atoms with Crippen LogP contribution in [0, 0.1) is 6.92 Å². The van der Waals surface area contributed by atoms with Crippen LogP contribution in [0.1, 0.15) is 44.7 Å². The van der Waals surface area contributed by atoms with E-state index in [2.05, 4.69) is 16.5 Å². The first-order valence-corrected chi connectivity index (χ1v) is 12.5. The van der Waals surface area contributed by atoms with E-state index in [1.807, 2.05) is 0 Å². The molecule has 1 aromatic carbocycles. The highest BCUT2D eigenvalue weighted by atomic mass is 32.2. The molecule has 1 unspecified atom stereocenters. The molecule has 0 radical (unpaired) electrons. The maximum Gasteiger partial charge on any atom is 0.262 e.